The summed E-state index contributed by atoms with van der Waals surface area (Å²) in [6, 6.07) is 1.72. The Morgan fingerprint density at radius 2 is 2.18 bits per heavy atom. The lowest BCUT2D eigenvalue weighted by molar-refractivity contribution is 0.122. The van der Waals surface area contributed by atoms with Crippen molar-refractivity contribution in [3.63, 3.8) is 0 Å². The Morgan fingerprint density at radius 3 is 2.96 bits per heavy atom. The van der Waals surface area contributed by atoms with Crippen molar-refractivity contribution in [2.45, 2.75) is 12.5 Å². The monoisotopic (exact) mass is 394 g/mol. The van der Waals surface area contributed by atoms with Crippen molar-refractivity contribution >= 4 is 28.5 Å². The van der Waals surface area contributed by atoms with Crippen LogP contribution in [0.5, 0.6) is 0 Å². The predicted octanol–water partition coefficient (Wildman–Crippen LogP) is 2.17. The Kier molecular flexibility index (Phi) is 4.50. The van der Waals surface area contributed by atoms with Crippen molar-refractivity contribution in [1.29, 1.82) is 0 Å². The molecule has 4 N–H and O–H groups in total. The van der Waals surface area contributed by atoms with Gasteiger partial charge in [0.15, 0.2) is 11.4 Å². The minimum absolute atomic E-state index is 0.00838. The average Bonchev–Trinajstić information content (AvgIpc) is 3.24. The summed E-state index contributed by atoms with van der Waals surface area (Å²) in [7, 11) is 0. The molecular formula is C19H15FN6OS. The van der Waals surface area contributed by atoms with Gasteiger partial charge in [0.1, 0.15) is 16.4 Å². The first-order valence-electron chi connectivity index (χ1n) is 8.32. The molecule has 0 bridgehead atoms. The van der Waals surface area contributed by atoms with Crippen LogP contribution in [0.25, 0.3) is 5.57 Å². The number of hydrogen-bond donors (Lipinski definition) is 3. The summed E-state index contributed by atoms with van der Waals surface area (Å²) < 4.78 is 14.3. The minimum atomic E-state index is -1.39. The fraction of sp³-hybridized carbons (Fsp3) is 0.158. The Hall–Kier alpha value is -3.35. The van der Waals surface area contributed by atoms with E-state index in [1.165, 1.54) is 11.3 Å². The van der Waals surface area contributed by atoms with E-state index in [0.717, 1.165) is 11.9 Å². The van der Waals surface area contributed by atoms with Crippen LogP contribution in [0.3, 0.4) is 0 Å². The van der Waals surface area contributed by atoms with Gasteiger partial charge in [-0.05, 0) is 18.9 Å². The third-order valence-electron chi connectivity index (χ3n) is 4.09. The highest BCUT2D eigenvalue weighted by molar-refractivity contribution is 7.09. The Morgan fingerprint density at radius 1 is 1.32 bits per heavy atom. The maximum atomic E-state index is 14.3. The van der Waals surface area contributed by atoms with E-state index in [1.807, 2.05) is 6.08 Å². The molecule has 3 aromatic rings. The predicted molar refractivity (Wildman–Crippen MR) is 105 cm³/mol. The van der Waals surface area contributed by atoms with Gasteiger partial charge in [-0.2, -0.15) is 0 Å². The highest BCUT2D eigenvalue weighted by atomic mass is 32.1. The number of aliphatic hydroxyl groups is 1. The molecule has 0 saturated carbocycles. The summed E-state index contributed by atoms with van der Waals surface area (Å²) in [5, 5.41) is 16.0. The maximum Gasteiger partial charge on any atom is 0.220 e. The van der Waals surface area contributed by atoms with Crippen LogP contribution in [0.4, 0.5) is 16.0 Å². The van der Waals surface area contributed by atoms with Gasteiger partial charge in [0, 0.05) is 29.3 Å². The quantitative estimate of drug-likeness (QED) is 0.572. The molecule has 0 aliphatic carbocycles. The van der Waals surface area contributed by atoms with Crippen LogP contribution in [0, 0.1) is 17.7 Å². The molecule has 7 nitrogen and oxygen atoms in total. The number of pyridine rings is 1. The van der Waals surface area contributed by atoms with E-state index in [4.69, 9.17) is 5.73 Å². The number of hydrogen-bond acceptors (Lipinski definition) is 8. The molecule has 3 aromatic heterocycles. The van der Waals surface area contributed by atoms with Crippen LogP contribution >= 0.6 is 11.3 Å². The summed E-state index contributed by atoms with van der Waals surface area (Å²) in [4.78, 5) is 16.1. The fourth-order valence-corrected chi connectivity index (χ4v) is 3.41. The summed E-state index contributed by atoms with van der Waals surface area (Å²) in [6.07, 6.45) is 6.09. The molecular weight excluding hydrogens is 379 g/mol. The van der Waals surface area contributed by atoms with Crippen molar-refractivity contribution in [1.82, 2.24) is 19.9 Å². The number of nitrogens with two attached hydrogens (primary N) is 1. The van der Waals surface area contributed by atoms with Gasteiger partial charge < -0.3 is 16.2 Å². The molecule has 4 rings (SSSR count). The van der Waals surface area contributed by atoms with Crippen molar-refractivity contribution in [2.24, 2.45) is 0 Å². The molecule has 0 aromatic carbocycles. The standard InChI is InChI=1S/C19H15FN6OS/c1-19(27,17-23-6-7-28-17)4-2-11-8-13-12(3-5-22-15(13)10-24-11)16-14(20)9-25-18(21)26-16/h3,6-10,22,27H,5H2,1H3,(H2,21,25,26). The molecule has 0 spiro atoms. The van der Waals surface area contributed by atoms with Crippen LogP contribution in [-0.2, 0) is 5.60 Å². The molecule has 140 valence electrons. The van der Waals surface area contributed by atoms with Gasteiger partial charge in [-0.3, -0.25) is 0 Å². The highest BCUT2D eigenvalue weighted by Crippen LogP contribution is 2.32. The van der Waals surface area contributed by atoms with Crippen LogP contribution in [0.15, 0.2) is 36.1 Å². The molecule has 0 radical (unpaired) electrons. The van der Waals surface area contributed by atoms with Crippen molar-refractivity contribution in [3.05, 3.63) is 63.9 Å². The highest BCUT2D eigenvalue weighted by Gasteiger charge is 2.23. The van der Waals surface area contributed by atoms with Crippen molar-refractivity contribution in [2.75, 3.05) is 17.6 Å². The van der Waals surface area contributed by atoms with E-state index in [2.05, 4.69) is 37.1 Å². The summed E-state index contributed by atoms with van der Waals surface area (Å²) >= 11 is 1.32. The first kappa shape index (κ1) is 18.0. The second kappa shape index (κ2) is 6.99. The molecule has 0 saturated heterocycles. The van der Waals surface area contributed by atoms with Crippen LogP contribution in [-0.4, -0.2) is 31.6 Å². The van der Waals surface area contributed by atoms with Crippen LogP contribution in [0.2, 0.25) is 0 Å². The molecule has 0 fully saturated rings. The molecule has 1 atom stereocenters. The van der Waals surface area contributed by atoms with Gasteiger partial charge in [0.2, 0.25) is 5.95 Å². The molecule has 9 heteroatoms. The van der Waals surface area contributed by atoms with Gasteiger partial charge in [0.25, 0.3) is 0 Å². The van der Waals surface area contributed by atoms with Crippen molar-refractivity contribution in [3.8, 4) is 11.8 Å². The molecule has 4 heterocycles. The van der Waals surface area contributed by atoms with E-state index >= 15 is 0 Å². The van der Waals surface area contributed by atoms with Crippen molar-refractivity contribution < 1.29 is 9.50 Å². The summed E-state index contributed by atoms with van der Waals surface area (Å²) in [5.41, 5.74) is 6.78. The average molecular weight is 394 g/mol. The van der Waals surface area contributed by atoms with Crippen LogP contribution in [0.1, 0.15) is 28.9 Å². The topological polar surface area (TPSA) is 110 Å². The Bertz CT molecular complexity index is 1130. The maximum absolute atomic E-state index is 14.3. The summed E-state index contributed by atoms with van der Waals surface area (Å²) in [5.74, 6) is 5.09. The van der Waals surface area contributed by atoms with Gasteiger partial charge >= 0.3 is 0 Å². The Labute approximate surface area is 164 Å². The number of nitrogens with zero attached hydrogens (tertiary/aromatic N) is 4. The zero-order chi connectivity index (χ0) is 19.7. The largest absolute Gasteiger partial charge is 0.380 e. The number of nitrogen functional groups attached to an aromatic ring is 1. The van der Waals surface area contributed by atoms with E-state index in [1.54, 1.807) is 30.8 Å². The molecule has 1 unspecified atom stereocenters. The lowest BCUT2D eigenvalue weighted by Gasteiger charge is -2.19. The van der Waals surface area contributed by atoms with Gasteiger partial charge in [-0.15, -0.1) is 11.3 Å². The number of aromatic nitrogens is 4. The van der Waals surface area contributed by atoms with E-state index in [-0.39, 0.29) is 11.6 Å². The Balaban J connectivity index is 1.74. The third-order valence-corrected chi connectivity index (χ3v) is 5.08. The zero-order valence-corrected chi connectivity index (χ0v) is 15.6. The molecule has 0 amide bonds. The number of rotatable bonds is 2. The molecule has 1 aliphatic heterocycles. The molecule has 28 heavy (non-hydrogen) atoms. The third kappa shape index (κ3) is 3.43. The van der Waals surface area contributed by atoms with Gasteiger partial charge in [0.05, 0.1) is 18.1 Å². The minimum Gasteiger partial charge on any atom is -0.380 e. The second-order valence-electron chi connectivity index (χ2n) is 6.20. The van der Waals surface area contributed by atoms with Crippen LogP contribution < -0.4 is 11.1 Å². The van der Waals surface area contributed by atoms with Gasteiger partial charge in [-0.25, -0.2) is 24.3 Å². The zero-order valence-electron chi connectivity index (χ0n) is 14.8. The second-order valence-corrected chi connectivity index (χ2v) is 7.09. The number of thiazole rings is 1. The van der Waals surface area contributed by atoms with E-state index in [0.29, 0.717) is 28.4 Å². The fourth-order valence-electron chi connectivity index (χ4n) is 2.76. The lowest BCUT2D eigenvalue weighted by atomic mass is 9.97. The van der Waals surface area contributed by atoms with Gasteiger partial charge in [-0.1, -0.05) is 12.0 Å². The lowest BCUT2D eigenvalue weighted by Crippen LogP contribution is -2.18. The first-order valence-corrected chi connectivity index (χ1v) is 9.20. The number of nitrogens with one attached hydrogen (secondary N) is 1. The van der Waals surface area contributed by atoms with E-state index in [9.17, 15) is 9.50 Å². The number of fused-ring (bicyclic) bond motifs is 1. The summed E-state index contributed by atoms with van der Waals surface area (Å²) in [6.45, 7) is 2.07. The smallest absolute Gasteiger partial charge is 0.220 e. The van der Waals surface area contributed by atoms with E-state index < -0.39 is 11.4 Å². The SMILES string of the molecule is CC(O)(C#Cc1cc2c(cn1)NCC=C2c1nc(N)ncc1F)c1nccs1. The number of anilines is 2. The normalized spacial score (nSPS) is 14.8. The first-order chi connectivity index (χ1) is 13.4. The number of halogens is 1. The molecule has 1 aliphatic rings.